The molecule has 0 spiro atoms. The molecule has 0 bridgehead atoms. The minimum Gasteiger partial charge on any atom is -0.308 e. The Labute approximate surface area is 175 Å². The molecule has 1 aromatic carbocycles. The van der Waals surface area contributed by atoms with Crippen molar-refractivity contribution in [2.75, 3.05) is 9.84 Å². The molecule has 3 rings (SSSR count). The summed E-state index contributed by atoms with van der Waals surface area (Å²) < 4.78 is 24.8. The van der Waals surface area contributed by atoms with Crippen LogP contribution in [0.5, 0.6) is 0 Å². The van der Waals surface area contributed by atoms with Crippen LogP contribution in [0.1, 0.15) is 0 Å². The molecule has 2 aromatic heterocycles. The number of nitrogen functional groups attached to an aromatic ring is 1. The second-order valence-corrected chi connectivity index (χ2v) is 7.36. The highest BCUT2D eigenvalue weighted by atomic mass is 32.2. The standard InChI is InChI=1S/C11H10N4O4S.C5H6N4O2/c12-14(11-7-6-9(8-13-11)15(16)17)20(18,19)10-4-2-1-3-5-10;6-8-5-2-1-4(3-7-5)9(10)11/h1-8H,12H2;1-3H,6H2,(H,7,8). The number of sulfonamides is 1. The molecule has 3 aromatic rings. The molecule has 31 heavy (non-hydrogen) atoms. The van der Waals surface area contributed by atoms with E-state index in [1.165, 1.54) is 30.3 Å². The van der Waals surface area contributed by atoms with Crippen molar-refractivity contribution < 1.29 is 18.3 Å². The van der Waals surface area contributed by atoms with Gasteiger partial charge in [0.2, 0.25) is 0 Å². The molecule has 0 aliphatic carbocycles. The van der Waals surface area contributed by atoms with Gasteiger partial charge in [0.25, 0.3) is 21.4 Å². The molecule has 0 atom stereocenters. The van der Waals surface area contributed by atoms with Crippen LogP contribution in [-0.2, 0) is 10.0 Å². The normalized spacial score (nSPS) is 10.4. The molecule has 0 radical (unpaired) electrons. The first-order chi connectivity index (χ1) is 14.7. The molecule has 162 valence electrons. The predicted molar refractivity (Wildman–Crippen MR) is 110 cm³/mol. The van der Waals surface area contributed by atoms with E-state index in [1.807, 2.05) is 0 Å². The van der Waals surface area contributed by atoms with Gasteiger partial charge in [-0.3, -0.25) is 20.2 Å². The summed E-state index contributed by atoms with van der Waals surface area (Å²) in [7, 11) is -3.95. The molecule has 14 nitrogen and oxygen atoms in total. The molecule has 0 aliphatic rings. The Morgan fingerprint density at radius 1 is 0.871 bits per heavy atom. The maximum atomic E-state index is 12.2. The third kappa shape index (κ3) is 5.89. The van der Waals surface area contributed by atoms with Crippen LogP contribution >= 0.6 is 0 Å². The highest BCUT2D eigenvalue weighted by Crippen LogP contribution is 2.20. The molecule has 2 heterocycles. The first-order valence-electron chi connectivity index (χ1n) is 8.19. The van der Waals surface area contributed by atoms with Gasteiger partial charge in [0, 0.05) is 12.1 Å². The maximum absolute atomic E-state index is 12.2. The van der Waals surface area contributed by atoms with Crippen LogP contribution < -0.4 is 21.5 Å². The van der Waals surface area contributed by atoms with Gasteiger partial charge in [-0.15, -0.1) is 0 Å². The van der Waals surface area contributed by atoms with Crippen LogP contribution in [0.15, 0.2) is 71.9 Å². The van der Waals surface area contributed by atoms with E-state index in [-0.39, 0.29) is 22.1 Å². The number of hydrogen-bond acceptors (Lipinski definition) is 11. The Morgan fingerprint density at radius 3 is 1.84 bits per heavy atom. The van der Waals surface area contributed by atoms with Crippen LogP contribution in [0.4, 0.5) is 23.0 Å². The van der Waals surface area contributed by atoms with Crippen molar-refractivity contribution in [2.24, 2.45) is 11.7 Å². The van der Waals surface area contributed by atoms with Gasteiger partial charge in [0.05, 0.1) is 14.7 Å². The largest absolute Gasteiger partial charge is 0.308 e. The van der Waals surface area contributed by atoms with Crippen molar-refractivity contribution in [3.05, 3.63) is 87.2 Å². The number of hydrogen-bond donors (Lipinski definition) is 3. The number of pyridine rings is 2. The van der Waals surface area contributed by atoms with Crippen molar-refractivity contribution in [3.8, 4) is 0 Å². The van der Waals surface area contributed by atoms with Gasteiger partial charge in [0.15, 0.2) is 5.82 Å². The molecule has 0 unspecified atom stereocenters. The van der Waals surface area contributed by atoms with Gasteiger partial charge in [-0.25, -0.2) is 21.7 Å². The van der Waals surface area contributed by atoms with E-state index in [4.69, 9.17) is 11.7 Å². The SMILES string of the molecule is NN(c1ccc([N+](=O)[O-])cn1)S(=O)(=O)c1ccccc1.NNc1ccc([N+](=O)[O-])cn1. The third-order valence-electron chi connectivity index (χ3n) is 3.58. The number of nitro groups is 2. The fraction of sp³-hybridized carbons (Fsp3) is 0. The zero-order chi connectivity index (χ0) is 23.0. The number of nitrogens with one attached hydrogen (secondary N) is 1. The minimum atomic E-state index is -3.95. The quantitative estimate of drug-likeness (QED) is 0.278. The lowest BCUT2D eigenvalue weighted by atomic mass is 10.4. The van der Waals surface area contributed by atoms with Crippen LogP contribution in [0, 0.1) is 20.2 Å². The molecule has 15 heteroatoms. The number of nitrogens with zero attached hydrogens (tertiary/aromatic N) is 5. The van der Waals surface area contributed by atoms with Crippen molar-refractivity contribution >= 4 is 33.0 Å². The van der Waals surface area contributed by atoms with Crippen molar-refractivity contribution in [1.82, 2.24) is 9.97 Å². The summed E-state index contributed by atoms with van der Waals surface area (Å²) in [5.41, 5.74) is 1.96. The summed E-state index contributed by atoms with van der Waals surface area (Å²) in [6, 6.07) is 12.6. The Morgan fingerprint density at radius 2 is 1.42 bits per heavy atom. The molecule has 0 aliphatic heterocycles. The van der Waals surface area contributed by atoms with Gasteiger partial charge in [-0.05, 0) is 24.3 Å². The van der Waals surface area contributed by atoms with Crippen molar-refractivity contribution in [3.63, 3.8) is 0 Å². The minimum absolute atomic E-state index is 0.00246. The number of nitrogens with two attached hydrogens (primary N) is 2. The second kappa shape index (κ2) is 10.0. The van der Waals surface area contributed by atoms with Crippen LogP contribution in [0.25, 0.3) is 0 Å². The molecule has 5 N–H and O–H groups in total. The first kappa shape index (κ1) is 23.1. The van der Waals surface area contributed by atoms with Gasteiger partial charge >= 0.3 is 0 Å². The highest BCUT2D eigenvalue weighted by Gasteiger charge is 2.23. The van der Waals surface area contributed by atoms with Gasteiger partial charge in [0.1, 0.15) is 18.2 Å². The van der Waals surface area contributed by atoms with E-state index >= 15 is 0 Å². The average molecular weight is 448 g/mol. The molecule has 0 saturated carbocycles. The zero-order valence-electron chi connectivity index (χ0n) is 15.6. The van der Waals surface area contributed by atoms with Crippen molar-refractivity contribution in [2.45, 2.75) is 4.90 Å². The molecule has 0 fully saturated rings. The van der Waals surface area contributed by atoms with E-state index < -0.39 is 19.9 Å². The molecular weight excluding hydrogens is 432 g/mol. The smallest absolute Gasteiger partial charge is 0.287 e. The lowest BCUT2D eigenvalue weighted by molar-refractivity contribution is -0.385. The highest BCUT2D eigenvalue weighted by molar-refractivity contribution is 7.92. The summed E-state index contributed by atoms with van der Waals surface area (Å²) in [6.07, 6.45) is 2.07. The van der Waals surface area contributed by atoms with E-state index in [1.54, 1.807) is 18.2 Å². The number of anilines is 2. The van der Waals surface area contributed by atoms with E-state index in [2.05, 4.69) is 15.4 Å². The second-order valence-electron chi connectivity index (χ2n) is 5.55. The predicted octanol–water partition coefficient (Wildman–Crippen LogP) is 1.33. The molecular formula is C16H16N8O6S. The van der Waals surface area contributed by atoms with E-state index in [0.717, 1.165) is 18.5 Å². The summed E-state index contributed by atoms with van der Waals surface area (Å²) in [4.78, 5) is 26.8. The molecule has 0 amide bonds. The van der Waals surface area contributed by atoms with Gasteiger partial charge < -0.3 is 5.43 Å². The number of rotatable bonds is 6. The van der Waals surface area contributed by atoms with E-state index in [0.29, 0.717) is 10.2 Å². The summed E-state index contributed by atoms with van der Waals surface area (Å²) in [5.74, 6) is 10.8. The summed E-state index contributed by atoms with van der Waals surface area (Å²) in [5, 5.41) is 20.6. The Balaban J connectivity index is 0.000000262. The fourth-order valence-electron chi connectivity index (χ4n) is 2.03. The van der Waals surface area contributed by atoms with Gasteiger partial charge in [-0.1, -0.05) is 18.2 Å². The van der Waals surface area contributed by atoms with Crippen molar-refractivity contribution in [1.29, 1.82) is 0 Å². The molecule has 0 saturated heterocycles. The summed E-state index contributed by atoms with van der Waals surface area (Å²) >= 11 is 0. The fourth-order valence-corrected chi connectivity index (χ4v) is 3.11. The summed E-state index contributed by atoms with van der Waals surface area (Å²) in [6.45, 7) is 0. The maximum Gasteiger partial charge on any atom is 0.287 e. The monoisotopic (exact) mass is 448 g/mol. The Kier molecular flexibility index (Phi) is 7.45. The Hall–Kier alpha value is -4.21. The van der Waals surface area contributed by atoms with E-state index in [9.17, 15) is 28.6 Å². The number of hydrazine groups is 2. The van der Waals surface area contributed by atoms with Crippen LogP contribution in [0.2, 0.25) is 0 Å². The third-order valence-corrected chi connectivity index (χ3v) is 5.15. The first-order valence-corrected chi connectivity index (χ1v) is 9.63. The lowest BCUT2D eigenvalue weighted by Gasteiger charge is -2.17. The Bertz CT molecular complexity index is 1140. The number of benzene rings is 1. The topological polar surface area (TPSA) is 214 Å². The average Bonchev–Trinajstić information content (AvgIpc) is 2.79. The number of aromatic nitrogens is 2. The zero-order valence-corrected chi connectivity index (χ0v) is 16.4. The van der Waals surface area contributed by atoms with Crippen LogP contribution in [0.3, 0.4) is 0 Å². The van der Waals surface area contributed by atoms with Crippen LogP contribution in [-0.4, -0.2) is 28.2 Å². The lowest BCUT2D eigenvalue weighted by Crippen LogP contribution is -2.38. The van der Waals surface area contributed by atoms with Gasteiger partial charge in [-0.2, -0.15) is 12.8 Å².